The minimum Gasteiger partial charge on any atom is -0.434 e. The maximum absolute atomic E-state index is 12.4. The molecule has 0 amide bonds. The van der Waals surface area contributed by atoms with Crippen LogP contribution in [0.5, 0.6) is 5.75 Å². The monoisotopic (exact) mass is 304 g/mol. The summed E-state index contributed by atoms with van der Waals surface area (Å²) in [6.45, 7) is 3.82. The Bertz CT molecular complexity index is 897. The number of ether oxygens (including phenoxy) is 2. The van der Waals surface area contributed by atoms with E-state index in [1.165, 1.54) is 21.9 Å². The summed E-state index contributed by atoms with van der Waals surface area (Å²) in [4.78, 5) is 28.5. The van der Waals surface area contributed by atoms with E-state index in [-0.39, 0.29) is 12.4 Å². The van der Waals surface area contributed by atoms with Crippen LogP contribution in [-0.4, -0.2) is 22.1 Å². The SMILES string of the molecule is CCOC(=O)Oc1cnc2sc3cc(C)ccc3n2c1=O. The molecule has 0 saturated heterocycles. The first kappa shape index (κ1) is 13.6. The molecule has 108 valence electrons. The zero-order valence-corrected chi connectivity index (χ0v) is 12.3. The van der Waals surface area contributed by atoms with Crippen molar-refractivity contribution in [3.63, 3.8) is 0 Å². The Hall–Kier alpha value is -2.41. The number of carbonyl (C=O) groups is 1. The highest BCUT2D eigenvalue weighted by molar-refractivity contribution is 7.23. The molecule has 0 atom stereocenters. The smallest absolute Gasteiger partial charge is 0.434 e. The predicted octanol–water partition coefficient (Wildman–Crippen LogP) is 2.75. The van der Waals surface area contributed by atoms with E-state index in [1.807, 2.05) is 25.1 Å². The third-order valence-electron chi connectivity index (χ3n) is 2.91. The molecule has 0 bridgehead atoms. The molecule has 0 aliphatic carbocycles. The number of aryl methyl sites for hydroxylation is 1. The molecule has 0 radical (unpaired) electrons. The largest absolute Gasteiger partial charge is 0.514 e. The molecule has 0 saturated carbocycles. The van der Waals surface area contributed by atoms with Crippen LogP contribution in [0.1, 0.15) is 12.5 Å². The van der Waals surface area contributed by atoms with Crippen molar-refractivity contribution in [2.24, 2.45) is 0 Å². The van der Waals surface area contributed by atoms with E-state index in [4.69, 9.17) is 4.74 Å². The fourth-order valence-corrected chi connectivity index (χ4v) is 3.08. The summed E-state index contributed by atoms with van der Waals surface area (Å²) < 4.78 is 11.9. The van der Waals surface area contributed by atoms with Crippen molar-refractivity contribution in [1.82, 2.24) is 9.38 Å². The lowest BCUT2D eigenvalue weighted by molar-refractivity contribution is 0.103. The van der Waals surface area contributed by atoms with Crippen molar-refractivity contribution < 1.29 is 14.3 Å². The number of hydrogen-bond donors (Lipinski definition) is 0. The fourth-order valence-electron chi connectivity index (χ4n) is 2.00. The fraction of sp³-hybridized carbons (Fsp3) is 0.214. The van der Waals surface area contributed by atoms with Gasteiger partial charge in [0, 0.05) is 0 Å². The minimum absolute atomic E-state index is 0.147. The summed E-state index contributed by atoms with van der Waals surface area (Å²) in [5.74, 6) is -0.147. The Morgan fingerprint density at radius 2 is 2.24 bits per heavy atom. The third kappa shape index (κ3) is 2.36. The maximum Gasteiger partial charge on any atom is 0.514 e. The van der Waals surface area contributed by atoms with Crippen LogP contribution in [0.2, 0.25) is 0 Å². The molecule has 0 N–H and O–H groups in total. The molecule has 6 nitrogen and oxygen atoms in total. The van der Waals surface area contributed by atoms with Crippen molar-refractivity contribution in [3.8, 4) is 5.75 Å². The van der Waals surface area contributed by atoms with Crippen LogP contribution in [0.15, 0.2) is 29.2 Å². The van der Waals surface area contributed by atoms with Crippen molar-refractivity contribution in [3.05, 3.63) is 40.3 Å². The molecule has 21 heavy (non-hydrogen) atoms. The number of aromatic nitrogens is 2. The molecule has 2 heterocycles. The molecule has 0 aliphatic rings. The van der Waals surface area contributed by atoms with Crippen molar-refractivity contribution in [2.75, 3.05) is 6.61 Å². The van der Waals surface area contributed by atoms with Gasteiger partial charge in [-0.3, -0.25) is 4.79 Å². The standard InChI is InChI=1S/C14H12N2O4S/c1-3-19-14(18)20-10-7-15-13-16(12(10)17)9-5-4-8(2)6-11(9)21-13/h4-7H,3H2,1-2H3. The first-order valence-electron chi connectivity index (χ1n) is 6.35. The number of carbonyl (C=O) groups excluding carboxylic acids is 1. The summed E-state index contributed by atoms with van der Waals surface area (Å²) >= 11 is 1.41. The second-order valence-corrected chi connectivity index (χ2v) is 5.41. The lowest BCUT2D eigenvalue weighted by atomic mass is 10.2. The van der Waals surface area contributed by atoms with Crippen LogP contribution >= 0.6 is 11.3 Å². The first-order chi connectivity index (χ1) is 10.1. The van der Waals surface area contributed by atoms with E-state index >= 15 is 0 Å². The summed E-state index contributed by atoms with van der Waals surface area (Å²) in [6.07, 6.45) is 0.336. The van der Waals surface area contributed by atoms with Gasteiger partial charge in [-0.1, -0.05) is 17.4 Å². The zero-order chi connectivity index (χ0) is 15.0. The molecular weight excluding hydrogens is 292 g/mol. The summed E-state index contributed by atoms with van der Waals surface area (Å²) in [7, 11) is 0. The Morgan fingerprint density at radius 3 is 3.00 bits per heavy atom. The van der Waals surface area contributed by atoms with Gasteiger partial charge in [-0.05, 0) is 31.5 Å². The zero-order valence-electron chi connectivity index (χ0n) is 11.5. The second kappa shape index (κ2) is 5.17. The number of rotatable bonds is 2. The average molecular weight is 304 g/mol. The van der Waals surface area contributed by atoms with Crippen LogP contribution in [-0.2, 0) is 4.74 Å². The van der Waals surface area contributed by atoms with Gasteiger partial charge in [-0.2, -0.15) is 0 Å². The van der Waals surface area contributed by atoms with Crippen LogP contribution in [0, 0.1) is 6.92 Å². The lowest BCUT2D eigenvalue weighted by Crippen LogP contribution is -2.20. The van der Waals surface area contributed by atoms with Crippen LogP contribution < -0.4 is 10.3 Å². The molecule has 3 rings (SSSR count). The van der Waals surface area contributed by atoms with Crippen molar-refractivity contribution >= 4 is 32.7 Å². The Kier molecular flexibility index (Phi) is 3.34. The quantitative estimate of drug-likeness (QED) is 0.681. The second-order valence-electron chi connectivity index (χ2n) is 4.40. The molecule has 0 aliphatic heterocycles. The van der Waals surface area contributed by atoms with Crippen molar-refractivity contribution in [1.29, 1.82) is 0 Å². The van der Waals surface area contributed by atoms with E-state index in [2.05, 4.69) is 9.72 Å². The average Bonchev–Trinajstić information content (AvgIpc) is 2.80. The molecule has 2 aromatic heterocycles. The number of nitrogens with zero attached hydrogens (tertiary/aromatic N) is 2. The Balaban J connectivity index is 2.17. The van der Waals surface area contributed by atoms with Crippen LogP contribution in [0.4, 0.5) is 4.79 Å². The number of hydrogen-bond acceptors (Lipinski definition) is 6. The van der Waals surface area contributed by atoms with Gasteiger partial charge in [0.2, 0.25) is 5.75 Å². The molecule has 7 heteroatoms. The predicted molar refractivity (Wildman–Crippen MR) is 79.2 cm³/mol. The lowest BCUT2D eigenvalue weighted by Gasteiger charge is -2.03. The summed E-state index contributed by atoms with van der Waals surface area (Å²) in [5, 5.41) is 0. The highest BCUT2D eigenvalue weighted by Crippen LogP contribution is 2.25. The highest BCUT2D eigenvalue weighted by atomic mass is 32.1. The molecule has 3 aromatic rings. The van der Waals surface area contributed by atoms with Gasteiger partial charge in [0.05, 0.1) is 23.0 Å². The van der Waals surface area contributed by atoms with Gasteiger partial charge in [0.1, 0.15) is 0 Å². The van der Waals surface area contributed by atoms with E-state index in [1.54, 1.807) is 6.92 Å². The third-order valence-corrected chi connectivity index (χ3v) is 3.93. The van der Waals surface area contributed by atoms with Gasteiger partial charge in [-0.15, -0.1) is 0 Å². The summed E-state index contributed by atoms with van der Waals surface area (Å²) in [6, 6.07) is 5.76. The molecular formula is C14H12N2O4S. The van der Waals surface area contributed by atoms with Crippen LogP contribution in [0.3, 0.4) is 0 Å². The summed E-state index contributed by atoms with van der Waals surface area (Å²) in [5.41, 5.74) is 1.42. The van der Waals surface area contributed by atoms with E-state index in [9.17, 15) is 9.59 Å². The van der Waals surface area contributed by atoms with E-state index < -0.39 is 11.7 Å². The van der Waals surface area contributed by atoms with E-state index in [0.29, 0.717) is 4.96 Å². The highest BCUT2D eigenvalue weighted by Gasteiger charge is 2.15. The van der Waals surface area contributed by atoms with Crippen molar-refractivity contribution in [2.45, 2.75) is 13.8 Å². The maximum atomic E-state index is 12.4. The Labute approximate surface area is 123 Å². The molecule has 0 fully saturated rings. The topological polar surface area (TPSA) is 69.9 Å². The van der Waals surface area contributed by atoms with Gasteiger partial charge >= 0.3 is 11.7 Å². The number of benzene rings is 1. The first-order valence-corrected chi connectivity index (χ1v) is 7.17. The minimum atomic E-state index is -0.910. The van der Waals surface area contributed by atoms with E-state index in [0.717, 1.165) is 15.8 Å². The molecule has 0 spiro atoms. The van der Waals surface area contributed by atoms with Crippen LogP contribution in [0.25, 0.3) is 15.2 Å². The Morgan fingerprint density at radius 1 is 1.43 bits per heavy atom. The van der Waals surface area contributed by atoms with Gasteiger partial charge in [-0.25, -0.2) is 14.2 Å². The van der Waals surface area contributed by atoms with Gasteiger partial charge in [0.25, 0.3) is 0 Å². The normalized spacial score (nSPS) is 11.0. The number of thiazole rings is 1. The van der Waals surface area contributed by atoms with Gasteiger partial charge < -0.3 is 9.47 Å². The number of fused-ring (bicyclic) bond motifs is 3. The molecule has 0 unspecified atom stereocenters. The van der Waals surface area contributed by atoms with Gasteiger partial charge in [0.15, 0.2) is 4.96 Å². The molecule has 1 aromatic carbocycles.